The highest BCUT2D eigenvalue weighted by Crippen LogP contribution is 2.02. The van der Waals surface area contributed by atoms with E-state index in [1.54, 1.807) is 18.3 Å². The molecular formula is C13H19N3O3. The fourth-order valence-corrected chi connectivity index (χ4v) is 1.33. The van der Waals surface area contributed by atoms with Gasteiger partial charge in [-0.3, -0.25) is 4.79 Å². The number of fused-ring (bicyclic) bond motifs is 1. The van der Waals surface area contributed by atoms with Gasteiger partial charge in [0.25, 0.3) is 5.56 Å². The summed E-state index contributed by atoms with van der Waals surface area (Å²) in [5.41, 5.74) is 0.205. The number of carbonyl (C=O) groups excluding carboxylic acids is 1. The molecule has 0 spiro atoms. The van der Waals surface area contributed by atoms with E-state index in [0.29, 0.717) is 29.7 Å². The minimum Gasteiger partial charge on any atom is -0.400 e. The summed E-state index contributed by atoms with van der Waals surface area (Å²) in [7, 11) is 1.00. The maximum Gasteiger partial charge on any atom is 0.260 e. The average molecular weight is 265 g/mol. The third kappa shape index (κ3) is 4.97. The van der Waals surface area contributed by atoms with Crippen LogP contribution in [0.4, 0.5) is 0 Å². The van der Waals surface area contributed by atoms with Crippen molar-refractivity contribution >= 4 is 17.3 Å². The van der Waals surface area contributed by atoms with Gasteiger partial charge in [0.2, 0.25) is 0 Å². The second-order valence-electron chi connectivity index (χ2n) is 3.09. The quantitative estimate of drug-likeness (QED) is 0.810. The van der Waals surface area contributed by atoms with Gasteiger partial charge < -0.3 is 14.9 Å². The first-order valence-electron chi connectivity index (χ1n) is 6.03. The van der Waals surface area contributed by atoms with Crippen molar-refractivity contribution in [2.24, 2.45) is 0 Å². The molecule has 0 unspecified atom stereocenters. The topological polar surface area (TPSA) is 95.9 Å². The van der Waals surface area contributed by atoms with Crippen LogP contribution in [0.3, 0.4) is 0 Å². The van der Waals surface area contributed by atoms with E-state index in [1.165, 1.54) is 0 Å². The highest BCUT2D eigenvalue weighted by Gasteiger charge is 2.03. The van der Waals surface area contributed by atoms with Crippen LogP contribution in [0.1, 0.15) is 26.1 Å². The van der Waals surface area contributed by atoms with Gasteiger partial charge in [0, 0.05) is 26.1 Å². The number of aldehydes is 1. The zero-order valence-electron chi connectivity index (χ0n) is 11.4. The van der Waals surface area contributed by atoms with Gasteiger partial charge in [-0.25, -0.2) is 9.97 Å². The number of aromatic nitrogens is 3. The predicted octanol–water partition coefficient (Wildman–Crippen LogP) is 1.08. The number of H-pyrrole nitrogens is 1. The van der Waals surface area contributed by atoms with E-state index < -0.39 is 0 Å². The van der Waals surface area contributed by atoms with Crippen molar-refractivity contribution in [3.05, 3.63) is 34.5 Å². The van der Waals surface area contributed by atoms with Gasteiger partial charge in [-0.2, -0.15) is 0 Å². The summed E-state index contributed by atoms with van der Waals surface area (Å²) < 4.78 is 0. The normalized spacial score (nSPS) is 8.84. The minimum atomic E-state index is -0.214. The van der Waals surface area contributed by atoms with Crippen LogP contribution in [0.25, 0.3) is 11.0 Å². The lowest BCUT2D eigenvalue weighted by molar-refractivity contribution is -0.107. The average Bonchev–Trinajstić information content (AvgIpc) is 2.49. The van der Waals surface area contributed by atoms with Crippen LogP contribution in [-0.2, 0) is 11.2 Å². The molecule has 2 rings (SSSR count). The first-order valence-corrected chi connectivity index (χ1v) is 6.03. The molecule has 0 aliphatic heterocycles. The largest absolute Gasteiger partial charge is 0.400 e. The molecule has 2 aromatic heterocycles. The van der Waals surface area contributed by atoms with Crippen LogP contribution >= 0.6 is 0 Å². The van der Waals surface area contributed by atoms with Crippen molar-refractivity contribution in [1.29, 1.82) is 0 Å². The number of aliphatic hydroxyl groups excluding tert-OH is 1. The maximum absolute atomic E-state index is 11.5. The van der Waals surface area contributed by atoms with E-state index in [1.807, 2.05) is 13.8 Å². The van der Waals surface area contributed by atoms with Crippen molar-refractivity contribution in [1.82, 2.24) is 15.0 Å². The van der Waals surface area contributed by atoms with E-state index in [-0.39, 0.29) is 5.56 Å². The lowest BCUT2D eigenvalue weighted by Gasteiger charge is -1.99. The Morgan fingerprint density at radius 2 is 2.05 bits per heavy atom. The smallest absolute Gasteiger partial charge is 0.260 e. The van der Waals surface area contributed by atoms with Crippen LogP contribution in [0.15, 0.2) is 23.1 Å². The number of nitrogens with zero attached hydrogens (tertiary/aromatic N) is 2. The second kappa shape index (κ2) is 9.90. The van der Waals surface area contributed by atoms with E-state index in [0.717, 1.165) is 13.4 Å². The molecule has 0 amide bonds. The number of aliphatic hydroxyl groups is 1. The van der Waals surface area contributed by atoms with E-state index >= 15 is 0 Å². The Morgan fingerprint density at radius 1 is 1.37 bits per heavy atom. The molecule has 0 fully saturated rings. The summed E-state index contributed by atoms with van der Waals surface area (Å²) in [5.74, 6) is 0.498. The maximum atomic E-state index is 11.5. The summed E-state index contributed by atoms with van der Waals surface area (Å²) in [6.07, 6.45) is 3.16. The van der Waals surface area contributed by atoms with E-state index in [9.17, 15) is 9.59 Å². The lowest BCUT2D eigenvalue weighted by Crippen LogP contribution is -2.12. The zero-order chi connectivity index (χ0) is 14.7. The van der Waals surface area contributed by atoms with Crippen LogP contribution in [0.2, 0.25) is 0 Å². The van der Waals surface area contributed by atoms with Crippen LogP contribution in [-0.4, -0.2) is 33.5 Å². The Balaban J connectivity index is 0.000000741. The monoisotopic (exact) mass is 265 g/mol. The number of carbonyl (C=O) groups is 1. The molecular weight excluding hydrogens is 246 g/mol. The molecule has 2 N–H and O–H groups in total. The summed E-state index contributed by atoms with van der Waals surface area (Å²) >= 11 is 0. The Kier molecular flexibility index (Phi) is 8.82. The van der Waals surface area contributed by atoms with Crippen LogP contribution in [0, 0.1) is 0 Å². The molecule has 2 aromatic rings. The van der Waals surface area contributed by atoms with Crippen molar-refractivity contribution in [3.8, 4) is 0 Å². The summed E-state index contributed by atoms with van der Waals surface area (Å²) in [6.45, 7) is 4.00. The van der Waals surface area contributed by atoms with Gasteiger partial charge in [0.05, 0.1) is 5.39 Å². The van der Waals surface area contributed by atoms with E-state index in [2.05, 4.69) is 15.0 Å². The van der Waals surface area contributed by atoms with Crippen molar-refractivity contribution < 1.29 is 9.90 Å². The van der Waals surface area contributed by atoms with Gasteiger partial charge in [-0.15, -0.1) is 0 Å². The van der Waals surface area contributed by atoms with Gasteiger partial charge >= 0.3 is 0 Å². The number of pyridine rings is 1. The third-order valence-electron chi connectivity index (χ3n) is 2.03. The van der Waals surface area contributed by atoms with Crippen LogP contribution < -0.4 is 5.56 Å². The molecule has 0 radical (unpaired) electrons. The molecule has 0 atom stereocenters. The first kappa shape index (κ1) is 16.9. The molecule has 6 nitrogen and oxygen atoms in total. The Morgan fingerprint density at radius 3 is 2.68 bits per heavy atom. The number of aryl methyl sites for hydroxylation is 1. The molecule has 6 heteroatoms. The number of hydrogen-bond acceptors (Lipinski definition) is 5. The minimum absolute atomic E-state index is 0.214. The van der Waals surface area contributed by atoms with Crippen molar-refractivity contribution in [2.75, 3.05) is 7.11 Å². The van der Waals surface area contributed by atoms with Gasteiger partial charge in [-0.05, 0) is 12.1 Å². The highest BCUT2D eigenvalue weighted by molar-refractivity contribution is 5.72. The third-order valence-corrected chi connectivity index (χ3v) is 2.03. The number of rotatable bonds is 3. The Labute approximate surface area is 111 Å². The Bertz CT molecular complexity index is 552. The summed E-state index contributed by atoms with van der Waals surface area (Å²) in [6, 6.07) is 3.35. The number of nitrogens with one attached hydrogen (secondary N) is 1. The molecule has 104 valence electrons. The highest BCUT2D eigenvalue weighted by atomic mass is 16.2. The Hall–Kier alpha value is -2.08. The molecule has 2 heterocycles. The second-order valence-corrected chi connectivity index (χ2v) is 3.09. The molecule has 0 saturated carbocycles. The molecule has 0 saturated heterocycles. The van der Waals surface area contributed by atoms with Crippen molar-refractivity contribution in [2.45, 2.75) is 26.7 Å². The van der Waals surface area contributed by atoms with Crippen LogP contribution in [0.5, 0.6) is 0 Å². The first-order chi connectivity index (χ1) is 9.31. The number of hydrogen-bond donors (Lipinski definition) is 2. The zero-order valence-corrected chi connectivity index (χ0v) is 11.4. The number of aromatic amines is 1. The fraction of sp³-hybridized carbons (Fsp3) is 0.385. The SMILES string of the molecule is CC.CO.O=CCCc1nc2ncccc2c(=O)[nH]1. The lowest BCUT2D eigenvalue weighted by atomic mass is 10.3. The summed E-state index contributed by atoms with van der Waals surface area (Å²) in [5, 5.41) is 7.47. The fourth-order valence-electron chi connectivity index (χ4n) is 1.33. The molecule has 0 aliphatic carbocycles. The van der Waals surface area contributed by atoms with Crippen molar-refractivity contribution in [3.63, 3.8) is 0 Å². The molecule has 0 aliphatic rings. The van der Waals surface area contributed by atoms with Gasteiger partial charge in [-0.1, -0.05) is 13.8 Å². The predicted molar refractivity (Wildman–Crippen MR) is 74.0 cm³/mol. The summed E-state index contributed by atoms with van der Waals surface area (Å²) in [4.78, 5) is 32.5. The molecule has 0 bridgehead atoms. The van der Waals surface area contributed by atoms with Gasteiger partial charge in [0.15, 0.2) is 5.65 Å². The van der Waals surface area contributed by atoms with E-state index in [4.69, 9.17) is 5.11 Å². The molecule has 19 heavy (non-hydrogen) atoms. The standard InChI is InChI=1S/C10H9N3O2.C2H6.CH4O/c14-6-2-4-8-12-9-7(10(15)13-8)3-1-5-11-9;2*1-2/h1,3,5-6H,2,4H2,(H,11,12,13,15);1-2H3;2H,1H3. The molecule has 0 aromatic carbocycles. The van der Waals surface area contributed by atoms with Gasteiger partial charge in [0.1, 0.15) is 12.1 Å².